The Hall–Kier alpha value is -2.86. The average molecular weight is 360 g/mol. The van der Waals surface area contributed by atoms with Gasteiger partial charge in [0.15, 0.2) is 0 Å². The lowest BCUT2D eigenvalue weighted by Crippen LogP contribution is -2.17. The number of amides is 2. The summed E-state index contributed by atoms with van der Waals surface area (Å²) in [5.41, 5.74) is 4.14. The largest absolute Gasteiger partial charge is 0.493 e. The maximum absolute atomic E-state index is 12.1. The van der Waals surface area contributed by atoms with E-state index in [1.165, 1.54) is 13.1 Å². The fourth-order valence-corrected chi connectivity index (χ4v) is 2.22. The Morgan fingerprint density at radius 3 is 2.56 bits per heavy atom. The molecule has 0 aromatic heterocycles. The molecule has 2 N–H and O–H groups in total. The number of carbonyl (C=O) groups excluding carboxylic acids is 2. The average Bonchev–Trinajstić information content (AvgIpc) is 2.57. The predicted molar refractivity (Wildman–Crippen MR) is 98.4 cm³/mol. The fourth-order valence-electron chi connectivity index (χ4n) is 2.04. The number of carbonyl (C=O) groups is 2. The van der Waals surface area contributed by atoms with Gasteiger partial charge in [-0.05, 0) is 49.4 Å². The molecule has 0 radical (unpaired) electrons. The molecular formula is C18H18ClN3O3. The molecule has 0 aliphatic carbocycles. The van der Waals surface area contributed by atoms with Gasteiger partial charge in [-0.3, -0.25) is 9.59 Å². The monoisotopic (exact) mass is 359 g/mol. The van der Waals surface area contributed by atoms with Gasteiger partial charge in [0, 0.05) is 28.8 Å². The molecule has 0 spiro atoms. The molecule has 0 aliphatic rings. The van der Waals surface area contributed by atoms with Crippen molar-refractivity contribution in [2.45, 2.75) is 13.8 Å². The van der Waals surface area contributed by atoms with E-state index in [4.69, 9.17) is 16.3 Å². The maximum atomic E-state index is 12.1. The number of anilines is 1. The molecule has 0 fully saturated rings. The first-order chi connectivity index (χ1) is 12.0. The highest BCUT2D eigenvalue weighted by Gasteiger charge is 2.06. The first-order valence-electron chi connectivity index (χ1n) is 7.63. The molecule has 0 atom stereocenters. The quantitative estimate of drug-likeness (QED) is 0.612. The highest BCUT2D eigenvalue weighted by molar-refractivity contribution is 6.30. The van der Waals surface area contributed by atoms with Gasteiger partial charge in [0.05, 0.1) is 12.8 Å². The molecule has 0 saturated carbocycles. The van der Waals surface area contributed by atoms with Gasteiger partial charge in [-0.25, -0.2) is 5.43 Å². The van der Waals surface area contributed by atoms with Crippen molar-refractivity contribution in [1.82, 2.24) is 5.43 Å². The number of hydrogen-bond donors (Lipinski definition) is 2. The summed E-state index contributed by atoms with van der Waals surface area (Å²) in [5.74, 6) is 0.0867. The third-order valence-electron chi connectivity index (χ3n) is 3.11. The molecule has 0 heterocycles. The normalized spacial score (nSPS) is 10.5. The molecular weight excluding hydrogens is 342 g/mol. The summed E-state index contributed by atoms with van der Waals surface area (Å²) in [7, 11) is 0. The third-order valence-corrected chi connectivity index (χ3v) is 3.34. The molecule has 130 valence electrons. The lowest BCUT2D eigenvalue weighted by Gasteiger charge is -2.07. The van der Waals surface area contributed by atoms with E-state index in [2.05, 4.69) is 15.8 Å². The van der Waals surface area contributed by atoms with Gasteiger partial charge in [0.2, 0.25) is 5.91 Å². The van der Waals surface area contributed by atoms with Gasteiger partial charge in [-0.1, -0.05) is 11.6 Å². The Bertz CT molecular complexity index is 789. The van der Waals surface area contributed by atoms with Crippen LogP contribution in [0.4, 0.5) is 5.69 Å². The van der Waals surface area contributed by atoms with Crippen LogP contribution in [-0.4, -0.2) is 24.6 Å². The fraction of sp³-hybridized carbons (Fsp3) is 0.167. The summed E-state index contributed by atoms with van der Waals surface area (Å²) in [6, 6.07) is 11.6. The number of benzene rings is 2. The van der Waals surface area contributed by atoms with Gasteiger partial charge < -0.3 is 10.1 Å². The van der Waals surface area contributed by atoms with Crippen molar-refractivity contribution in [1.29, 1.82) is 0 Å². The van der Waals surface area contributed by atoms with E-state index in [-0.39, 0.29) is 11.8 Å². The Labute approximate surface area is 150 Å². The molecule has 2 rings (SSSR count). The minimum absolute atomic E-state index is 0.173. The van der Waals surface area contributed by atoms with Crippen molar-refractivity contribution in [3.8, 4) is 5.75 Å². The Morgan fingerprint density at radius 1 is 1.20 bits per heavy atom. The van der Waals surface area contributed by atoms with Crippen molar-refractivity contribution in [3.63, 3.8) is 0 Å². The van der Waals surface area contributed by atoms with Crippen LogP contribution in [0.15, 0.2) is 47.6 Å². The van der Waals surface area contributed by atoms with Gasteiger partial charge in [0.25, 0.3) is 5.91 Å². The lowest BCUT2D eigenvalue weighted by molar-refractivity contribution is -0.114. The van der Waals surface area contributed by atoms with Crippen molar-refractivity contribution < 1.29 is 14.3 Å². The lowest BCUT2D eigenvalue weighted by atomic mass is 10.2. The molecule has 0 unspecified atom stereocenters. The Kier molecular flexibility index (Phi) is 6.54. The number of ether oxygens (including phenoxy) is 1. The number of hydrazone groups is 1. The Morgan fingerprint density at radius 2 is 1.92 bits per heavy atom. The minimum atomic E-state index is -0.370. The van der Waals surface area contributed by atoms with Crippen LogP contribution in [0.5, 0.6) is 5.75 Å². The number of nitrogens with zero attached hydrogens (tertiary/aromatic N) is 1. The van der Waals surface area contributed by atoms with Gasteiger partial charge in [0.1, 0.15) is 5.75 Å². The molecule has 2 aromatic carbocycles. The van der Waals surface area contributed by atoms with Crippen LogP contribution in [0.1, 0.15) is 29.8 Å². The second-order valence-electron chi connectivity index (χ2n) is 5.07. The van der Waals surface area contributed by atoms with E-state index < -0.39 is 0 Å². The second-order valence-corrected chi connectivity index (χ2v) is 5.51. The summed E-state index contributed by atoms with van der Waals surface area (Å²) in [6.07, 6.45) is 1.47. The second kappa shape index (κ2) is 8.84. The van der Waals surface area contributed by atoms with Crippen LogP contribution in [0.3, 0.4) is 0 Å². The molecule has 25 heavy (non-hydrogen) atoms. The van der Waals surface area contributed by atoms with Crippen molar-refractivity contribution in [3.05, 3.63) is 58.6 Å². The maximum Gasteiger partial charge on any atom is 0.271 e. The molecule has 0 bridgehead atoms. The van der Waals surface area contributed by atoms with Crippen LogP contribution in [0.25, 0.3) is 0 Å². The Balaban J connectivity index is 2.03. The summed E-state index contributed by atoms with van der Waals surface area (Å²) < 4.78 is 5.48. The summed E-state index contributed by atoms with van der Waals surface area (Å²) in [6.45, 7) is 3.80. The highest BCUT2D eigenvalue weighted by Crippen LogP contribution is 2.21. The van der Waals surface area contributed by atoms with E-state index in [9.17, 15) is 9.59 Å². The SMILES string of the molecule is CCOc1ccc(Cl)cc1C=NNC(=O)c1ccc(NC(C)=O)cc1. The van der Waals surface area contributed by atoms with E-state index in [0.717, 1.165) is 0 Å². The zero-order valence-electron chi connectivity index (χ0n) is 13.9. The van der Waals surface area contributed by atoms with Crippen LogP contribution in [0.2, 0.25) is 5.02 Å². The zero-order valence-corrected chi connectivity index (χ0v) is 14.6. The molecule has 2 amide bonds. The topological polar surface area (TPSA) is 79.8 Å². The molecule has 2 aromatic rings. The summed E-state index contributed by atoms with van der Waals surface area (Å²) in [5, 5.41) is 7.12. The van der Waals surface area contributed by atoms with Gasteiger partial charge in [-0.15, -0.1) is 0 Å². The number of nitrogens with one attached hydrogen (secondary N) is 2. The van der Waals surface area contributed by atoms with Crippen LogP contribution < -0.4 is 15.5 Å². The molecule has 6 nitrogen and oxygen atoms in total. The highest BCUT2D eigenvalue weighted by atomic mass is 35.5. The number of halogens is 1. The van der Waals surface area contributed by atoms with Crippen LogP contribution in [0, 0.1) is 0 Å². The number of rotatable bonds is 6. The summed E-state index contributed by atoms with van der Waals surface area (Å²) >= 11 is 5.97. The summed E-state index contributed by atoms with van der Waals surface area (Å²) in [4.78, 5) is 23.1. The zero-order chi connectivity index (χ0) is 18.2. The van der Waals surface area contributed by atoms with Crippen molar-refractivity contribution in [2.75, 3.05) is 11.9 Å². The van der Waals surface area contributed by atoms with E-state index in [1.54, 1.807) is 42.5 Å². The predicted octanol–water partition coefficient (Wildman–Crippen LogP) is 3.46. The van der Waals surface area contributed by atoms with E-state index >= 15 is 0 Å². The molecule has 0 saturated heterocycles. The molecule has 0 aliphatic heterocycles. The third kappa shape index (κ3) is 5.61. The van der Waals surface area contributed by atoms with Gasteiger partial charge >= 0.3 is 0 Å². The first kappa shape index (κ1) is 18.5. The van der Waals surface area contributed by atoms with Crippen molar-refractivity contribution >= 4 is 35.3 Å². The number of hydrogen-bond acceptors (Lipinski definition) is 4. The van der Waals surface area contributed by atoms with Crippen molar-refractivity contribution in [2.24, 2.45) is 5.10 Å². The van der Waals surface area contributed by atoms with Gasteiger partial charge in [-0.2, -0.15) is 5.10 Å². The molecule has 7 heteroatoms. The van der Waals surface area contributed by atoms with Crippen LogP contribution in [-0.2, 0) is 4.79 Å². The first-order valence-corrected chi connectivity index (χ1v) is 8.00. The van der Waals surface area contributed by atoms with Crippen LogP contribution >= 0.6 is 11.6 Å². The standard InChI is InChI=1S/C18H18ClN3O3/c1-3-25-17-9-6-15(19)10-14(17)11-20-22-18(24)13-4-7-16(8-5-13)21-12(2)23/h4-11H,3H2,1-2H3,(H,21,23)(H,22,24). The minimum Gasteiger partial charge on any atom is -0.493 e. The smallest absolute Gasteiger partial charge is 0.271 e. The van der Waals surface area contributed by atoms with E-state index in [1.807, 2.05) is 6.92 Å². The van der Waals surface area contributed by atoms with E-state index in [0.29, 0.717) is 34.2 Å².